The normalized spacial score (nSPS) is 18.2. The number of hydrogen-bond donors (Lipinski definition) is 0. The van der Waals surface area contributed by atoms with Crippen LogP contribution in [0, 0.1) is 16.7 Å². The van der Waals surface area contributed by atoms with Crippen LogP contribution < -0.4 is 4.90 Å². The second kappa shape index (κ2) is 8.05. The molecule has 4 aromatic rings. The number of hydrogen-bond acceptors (Lipinski definition) is 6. The fraction of sp³-hybridized carbons (Fsp3) is 0.286. The van der Waals surface area contributed by atoms with Crippen LogP contribution in [-0.2, 0) is 9.53 Å². The van der Waals surface area contributed by atoms with Crippen LogP contribution in [0.2, 0.25) is 0 Å². The molecular formula is C28H25N7O2. The minimum atomic E-state index is 0.0167. The van der Waals surface area contributed by atoms with E-state index in [2.05, 4.69) is 58.1 Å². The van der Waals surface area contributed by atoms with Gasteiger partial charge in [0.15, 0.2) is 0 Å². The molecule has 3 saturated heterocycles. The lowest BCUT2D eigenvalue weighted by Crippen LogP contribution is -2.73. The zero-order chi connectivity index (χ0) is 25.1. The number of ether oxygens (including phenoxy) is 1. The third-order valence-electron chi connectivity index (χ3n) is 7.80. The van der Waals surface area contributed by atoms with Gasteiger partial charge in [0.1, 0.15) is 6.07 Å². The molecule has 37 heavy (non-hydrogen) atoms. The Morgan fingerprint density at radius 3 is 2.51 bits per heavy atom. The van der Waals surface area contributed by atoms with E-state index in [0.29, 0.717) is 18.8 Å². The summed E-state index contributed by atoms with van der Waals surface area (Å²) in [5.41, 5.74) is 6.67. The van der Waals surface area contributed by atoms with Crippen LogP contribution in [0.1, 0.15) is 11.6 Å². The topological polar surface area (TPSA) is 91.7 Å². The minimum absolute atomic E-state index is 0.0167. The van der Waals surface area contributed by atoms with Gasteiger partial charge in [-0.25, -0.2) is 4.52 Å². The number of carbonyl (C=O) groups is 1. The summed E-state index contributed by atoms with van der Waals surface area (Å²) >= 11 is 0. The molecular weight excluding hydrogens is 466 g/mol. The number of benzene rings is 1. The van der Waals surface area contributed by atoms with E-state index < -0.39 is 0 Å². The predicted octanol–water partition coefficient (Wildman–Crippen LogP) is 3.14. The molecule has 9 nitrogen and oxygen atoms in total. The van der Waals surface area contributed by atoms with Crippen molar-refractivity contribution in [2.24, 2.45) is 5.41 Å². The van der Waals surface area contributed by atoms with Gasteiger partial charge in [0.25, 0.3) is 0 Å². The molecule has 0 N–H and O–H groups in total. The lowest BCUT2D eigenvalue weighted by molar-refractivity contribution is -0.139. The molecule has 7 rings (SSSR count). The highest BCUT2D eigenvalue weighted by molar-refractivity contribution is 5.89. The SMILES string of the molecule is C=CC(=O)N1CC2(C1)CN(c1ccc(-c3cc(-c4cnn(C5COC5)c4)cn4ncc(C#N)c34)cc1)C2. The van der Waals surface area contributed by atoms with Gasteiger partial charge >= 0.3 is 0 Å². The Morgan fingerprint density at radius 1 is 1.05 bits per heavy atom. The van der Waals surface area contributed by atoms with Crippen molar-refractivity contribution in [1.29, 1.82) is 5.26 Å². The van der Waals surface area contributed by atoms with Crippen molar-refractivity contribution in [3.8, 4) is 28.3 Å². The summed E-state index contributed by atoms with van der Waals surface area (Å²) in [5, 5.41) is 18.7. The van der Waals surface area contributed by atoms with Crippen LogP contribution in [-0.4, -0.2) is 69.6 Å². The van der Waals surface area contributed by atoms with E-state index in [9.17, 15) is 10.1 Å². The molecule has 3 aromatic heterocycles. The lowest BCUT2D eigenvalue weighted by Gasteiger charge is -2.60. The number of anilines is 1. The van der Waals surface area contributed by atoms with E-state index in [1.165, 1.54) is 6.08 Å². The number of nitrogens with zero attached hydrogens (tertiary/aromatic N) is 7. The summed E-state index contributed by atoms with van der Waals surface area (Å²) in [6.07, 6.45) is 8.86. The van der Waals surface area contributed by atoms with Gasteiger partial charge in [-0.2, -0.15) is 15.5 Å². The molecule has 6 heterocycles. The lowest BCUT2D eigenvalue weighted by atomic mass is 9.72. The highest BCUT2D eigenvalue weighted by atomic mass is 16.5. The van der Waals surface area contributed by atoms with Gasteiger partial charge in [0.2, 0.25) is 5.91 Å². The van der Waals surface area contributed by atoms with E-state index in [1.807, 2.05) is 28.2 Å². The number of aromatic nitrogens is 4. The third-order valence-corrected chi connectivity index (χ3v) is 7.80. The number of pyridine rings is 1. The molecule has 3 aliphatic rings. The average molecular weight is 492 g/mol. The van der Waals surface area contributed by atoms with Crippen molar-refractivity contribution in [2.45, 2.75) is 6.04 Å². The number of carbonyl (C=O) groups excluding carboxylic acids is 1. The molecule has 1 amide bonds. The average Bonchev–Trinajstić information content (AvgIpc) is 3.48. The highest BCUT2D eigenvalue weighted by Crippen LogP contribution is 2.42. The van der Waals surface area contributed by atoms with Crippen LogP contribution >= 0.6 is 0 Å². The summed E-state index contributed by atoms with van der Waals surface area (Å²) in [7, 11) is 0. The number of amides is 1. The smallest absolute Gasteiger partial charge is 0.245 e. The van der Waals surface area contributed by atoms with Gasteiger partial charge in [-0.15, -0.1) is 0 Å². The maximum Gasteiger partial charge on any atom is 0.245 e. The Hall–Kier alpha value is -4.42. The molecule has 0 atom stereocenters. The second-order valence-corrected chi connectivity index (χ2v) is 10.3. The maximum atomic E-state index is 11.8. The molecule has 184 valence electrons. The molecule has 9 heteroatoms. The standard InChI is InChI=1S/C28H25N7O2/c1-2-26(36)33-17-28(18-33)15-32(16-28)23-5-3-19(4-6-23)25-7-20(11-35-27(25)21(8-29)9-31-35)22-10-30-34(12-22)24-13-37-14-24/h2-7,9-12,24H,1,13-18H2. The summed E-state index contributed by atoms with van der Waals surface area (Å²) < 4.78 is 9.04. The minimum Gasteiger partial charge on any atom is -0.377 e. The summed E-state index contributed by atoms with van der Waals surface area (Å²) in [6, 6.07) is 13.2. The summed E-state index contributed by atoms with van der Waals surface area (Å²) in [4.78, 5) is 16.0. The largest absolute Gasteiger partial charge is 0.377 e. The highest BCUT2D eigenvalue weighted by Gasteiger charge is 2.52. The zero-order valence-corrected chi connectivity index (χ0v) is 20.2. The van der Waals surface area contributed by atoms with Crippen molar-refractivity contribution in [3.63, 3.8) is 0 Å². The quantitative estimate of drug-likeness (QED) is 0.399. The molecule has 1 aromatic carbocycles. The fourth-order valence-electron chi connectivity index (χ4n) is 5.69. The van der Waals surface area contributed by atoms with E-state index in [1.54, 1.807) is 10.7 Å². The molecule has 0 unspecified atom stereocenters. The zero-order valence-electron chi connectivity index (χ0n) is 20.2. The van der Waals surface area contributed by atoms with Crippen molar-refractivity contribution in [1.82, 2.24) is 24.3 Å². The van der Waals surface area contributed by atoms with Gasteiger partial charge < -0.3 is 14.5 Å². The maximum absolute atomic E-state index is 11.8. The van der Waals surface area contributed by atoms with Crippen LogP contribution in [0.25, 0.3) is 27.8 Å². The predicted molar refractivity (Wildman–Crippen MR) is 138 cm³/mol. The first kappa shape index (κ1) is 21.8. The van der Waals surface area contributed by atoms with Gasteiger partial charge in [-0.05, 0) is 29.8 Å². The van der Waals surface area contributed by atoms with E-state index in [-0.39, 0.29) is 17.4 Å². The van der Waals surface area contributed by atoms with Crippen LogP contribution in [0.15, 0.2) is 67.8 Å². The van der Waals surface area contributed by atoms with Crippen molar-refractivity contribution >= 4 is 17.1 Å². The third kappa shape index (κ3) is 3.44. The van der Waals surface area contributed by atoms with Crippen LogP contribution in [0.5, 0.6) is 0 Å². The van der Waals surface area contributed by atoms with Gasteiger partial charge in [0, 0.05) is 66.4 Å². The molecule has 3 aliphatic heterocycles. The van der Waals surface area contributed by atoms with Crippen LogP contribution in [0.4, 0.5) is 5.69 Å². The second-order valence-electron chi connectivity index (χ2n) is 10.3. The first-order valence-electron chi connectivity index (χ1n) is 12.4. The van der Waals surface area contributed by atoms with Crippen molar-refractivity contribution in [3.05, 3.63) is 73.3 Å². The first-order valence-corrected chi connectivity index (χ1v) is 12.4. The molecule has 0 saturated carbocycles. The Kier molecular flexibility index (Phi) is 4.75. The Bertz CT molecular complexity index is 1570. The molecule has 0 radical (unpaired) electrons. The molecule has 0 bridgehead atoms. The van der Waals surface area contributed by atoms with Gasteiger partial charge in [-0.1, -0.05) is 18.7 Å². The Morgan fingerprint density at radius 2 is 1.84 bits per heavy atom. The molecule has 0 aliphatic carbocycles. The Labute approximate surface area is 213 Å². The number of rotatable bonds is 5. The van der Waals surface area contributed by atoms with Crippen LogP contribution in [0.3, 0.4) is 0 Å². The Balaban J connectivity index is 1.17. The summed E-state index contributed by atoms with van der Waals surface area (Å²) in [5.74, 6) is 0.0167. The number of fused-ring (bicyclic) bond motifs is 1. The monoisotopic (exact) mass is 491 g/mol. The van der Waals surface area contributed by atoms with E-state index in [0.717, 1.165) is 59.6 Å². The summed E-state index contributed by atoms with van der Waals surface area (Å²) in [6.45, 7) is 8.46. The fourth-order valence-corrected chi connectivity index (χ4v) is 5.69. The van der Waals surface area contributed by atoms with E-state index >= 15 is 0 Å². The van der Waals surface area contributed by atoms with Crippen molar-refractivity contribution < 1.29 is 9.53 Å². The van der Waals surface area contributed by atoms with Gasteiger partial charge in [0.05, 0.1) is 42.7 Å². The van der Waals surface area contributed by atoms with E-state index in [4.69, 9.17) is 4.74 Å². The number of nitriles is 1. The van der Waals surface area contributed by atoms with Crippen molar-refractivity contribution in [2.75, 3.05) is 44.3 Å². The number of likely N-dealkylation sites (tertiary alicyclic amines) is 1. The van der Waals surface area contributed by atoms with Gasteiger partial charge in [-0.3, -0.25) is 9.48 Å². The molecule has 3 fully saturated rings. The molecule has 1 spiro atoms. The first-order chi connectivity index (χ1) is 18.1.